The Labute approximate surface area is 173 Å². The first-order chi connectivity index (χ1) is 14.0. The number of nitrogens with one attached hydrogen (secondary N) is 1. The fraction of sp³-hybridized carbons (Fsp3) is 0.417. The second-order valence-corrected chi connectivity index (χ2v) is 7.84. The molecule has 0 aromatic heterocycles. The molecule has 1 aliphatic carbocycles. The number of anilines is 3. The molecule has 0 saturated heterocycles. The lowest BCUT2D eigenvalue weighted by Gasteiger charge is -2.29. The lowest BCUT2D eigenvalue weighted by Crippen LogP contribution is -2.26. The highest BCUT2D eigenvalue weighted by molar-refractivity contribution is 5.93. The quantitative estimate of drug-likeness (QED) is 0.648. The number of benzene rings is 2. The van der Waals surface area contributed by atoms with E-state index in [9.17, 15) is 9.59 Å². The Bertz CT molecular complexity index is 797. The van der Waals surface area contributed by atoms with Gasteiger partial charge in [-0.15, -0.1) is 0 Å². The standard InChI is InChI=1S/C24H30N2O3/c1-18(2)26(21-11-7-4-8-12-21)22-15-13-20(14-16-22)25-23(27)17-29-24(28)19-9-5-3-6-10-19/h4,7-8,11-16,18-19H,3,5-6,9-10,17H2,1-2H3,(H,25,27). The highest BCUT2D eigenvalue weighted by atomic mass is 16.5. The minimum absolute atomic E-state index is 0.0455. The van der Waals surface area contributed by atoms with Gasteiger partial charge >= 0.3 is 5.97 Å². The topological polar surface area (TPSA) is 58.6 Å². The molecule has 0 radical (unpaired) electrons. The van der Waals surface area contributed by atoms with Crippen molar-refractivity contribution in [3.63, 3.8) is 0 Å². The molecule has 0 heterocycles. The van der Waals surface area contributed by atoms with Crippen LogP contribution in [0.4, 0.5) is 17.1 Å². The van der Waals surface area contributed by atoms with Gasteiger partial charge in [-0.2, -0.15) is 0 Å². The van der Waals surface area contributed by atoms with Crippen molar-refractivity contribution in [1.82, 2.24) is 0 Å². The monoisotopic (exact) mass is 394 g/mol. The summed E-state index contributed by atoms with van der Waals surface area (Å²) in [4.78, 5) is 26.4. The third-order valence-electron chi connectivity index (χ3n) is 5.26. The van der Waals surface area contributed by atoms with Crippen LogP contribution in [0.3, 0.4) is 0 Å². The first kappa shape index (κ1) is 20.9. The van der Waals surface area contributed by atoms with Gasteiger partial charge in [0.15, 0.2) is 6.61 Å². The maximum Gasteiger partial charge on any atom is 0.309 e. The van der Waals surface area contributed by atoms with Crippen LogP contribution in [0.25, 0.3) is 0 Å². The Morgan fingerprint density at radius 3 is 2.21 bits per heavy atom. The van der Waals surface area contributed by atoms with Gasteiger partial charge in [0.1, 0.15) is 0 Å². The van der Waals surface area contributed by atoms with Gasteiger partial charge in [-0.3, -0.25) is 9.59 Å². The van der Waals surface area contributed by atoms with Gasteiger partial charge in [0.05, 0.1) is 5.92 Å². The molecule has 154 valence electrons. The van der Waals surface area contributed by atoms with E-state index < -0.39 is 0 Å². The normalized spacial score (nSPS) is 14.4. The van der Waals surface area contributed by atoms with E-state index in [0.29, 0.717) is 5.69 Å². The van der Waals surface area contributed by atoms with E-state index in [4.69, 9.17) is 4.74 Å². The number of carbonyl (C=O) groups excluding carboxylic acids is 2. The summed E-state index contributed by atoms with van der Waals surface area (Å²) < 4.78 is 5.21. The Morgan fingerprint density at radius 2 is 1.59 bits per heavy atom. The van der Waals surface area contributed by atoms with Crippen molar-refractivity contribution in [2.24, 2.45) is 5.92 Å². The number of rotatable bonds is 7. The molecule has 1 amide bonds. The van der Waals surface area contributed by atoms with Gasteiger partial charge in [0.2, 0.25) is 0 Å². The van der Waals surface area contributed by atoms with Crippen LogP contribution in [0, 0.1) is 5.92 Å². The predicted octanol–water partition coefficient (Wildman–Crippen LogP) is 5.30. The largest absolute Gasteiger partial charge is 0.455 e. The molecule has 0 spiro atoms. The van der Waals surface area contributed by atoms with Crippen molar-refractivity contribution in [2.45, 2.75) is 52.0 Å². The van der Waals surface area contributed by atoms with Crippen molar-refractivity contribution in [3.05, 3.63) is 54.6 Å². The van der Waals surface area contributed by atoms with Crippen molar-refractivity contribution in [3.8, 4) is 0 Å². The molecular formula is C24H30N2O3. The number of hydrogen-bond acceptors (Lipinski definition) is 4. The van der Waals surface area contributed by atoms with E-state index in [-0.39, 0.29) is 30.4 Å². The summed E-state index contributed by atoms with van der Waals surface area (Å²) in [6.45, 7) is 4.05. The van der Waals surface area contributed by atoms with Crippen LogP contribution in [0.2, 0.25) is 0 Å². The fourth-order valence-electron chi connectivity index (χ4n) is 3.83. The second kappa shape index (κ2) is 10.1. The van der Waals surface area contributed by atoms with Crippen LogP contribution in [0.1, 0.15) is 46.0 Å². The number of amides is 1. The average molecular weight is 395 g/mol. The summed E-state index contributed by atoms with van der Waals surface area (Å²) in [5.74, 6) is -0.604. The zero-order valence-corrected chi connectivity index (χ0v) is 17.3. The smallest absolute Gasteiger partial charge is 0.309 e. The molecular weight excluding hydrogens is 364 g/mol. The van der Waals surface area contributed by atoms with Crippen molar-refractivity contribution >= 4 is 28.9 Å². The highest BCUT2D eigenvalue weighted by Gasteiger charge is 2.23. The third kappa shape index (κ3) is 5.83. The van der Waals surface area contributed by atoms with Gasteiger partial charge in [0.25, 0.3) is 5.91 Å². The first-order valence-electron chi connectivity index (χ1n) is 10.5. The van der Waals surface area contributed by atoms with E-state index in [1.54, 1.807) is 0 Å². The molecule has 3 rings (SSSR count). The minimum atomic E-state index is -0.314. The Balaban J connectivity index is 1.55. The average Bonchev–Trinajstić information content (AvgIpc) is 2.74. The summed E-state index contributed by atoms with van der Waals surface area (Å²) in [6.07, 6.45) is 5.05. The maximum absolute atomic E-state index is 12.1. The maximum atomic E-state index is 12.1. The van der Waals surface area contributed by atoms with E-state index in [2.05, 4.69) is 36.2 Å². The number of hydrogen-bond donors (Lipinski definition) is 1. The van der Waals surface area contributed by atoms with Crippen LogP contribution in [0.15, 0.2) is 54.6 Å². The molecule has 1 aliphatic rings. The summed E-state index contributed by atoms with van der Waals surface area (Å²) in [7, 11) is 0. The van der Waals surface area contributed by atoms with Crippen LogP contribution >= 0.6 is 0 Å². The Kier molecular flexibility index (Phi) is 7.28. The molecule has 0 atom stereocenters. The molecule has 29 heavy (non-hydrogen) atoms. The minimum Gasteiger partial charge on any atom is -0.455 e. The molecule has 5 heteroatoms. The summed E-state index contributed by atoms with van der Waals surface area (Å²) in [5, 5.41) is 2.80. The predicted molar refractivity (Wildman–Crippen MR) is 116 cm³/mol. The Hall–Kier alpha value is -2.82. The number of ether oxygens (including phenoxy) is 1. The molecule has 0 unspecified atom stereocenters. The van der Waals surface area contributed by atoms with Gasteiger partial charge in [-0.1, -0.05) is 37.5 Å². The molecule has 0 bridgehead atoms. The SMILES string of the molecule is CC(C)N(c1ccccc1)c1ccc(NC(=O)COC(=O)C2CCCCC2)cc1. The first-order valence-corrected chi connectivity index (χ1v) is 10.5. The number of esters is 1. The summed E-state index contributed by atoms with van der Waals surface area (Å²) >= 11 is 0. The lowest BCUT2D eigenvalue weighted by molar-refractivity contribution is -0.152. The van der Waals surface area contributed by atoms with E-state index >= 15 is 0 Å². The zero-order valence-electron chi connectivity index (χ0n) is 17.3. The highest BCUT2D eigenvalue weighted by Crippen LogP contribution is 2.29. The number of para-hydroxylation sites is 1. The summed E-state index contributed by atoms with van der Waals surface area (Å²) in [6, 6.07) is 18.2. The van der Waals surface area contributed by atoms with Crippen LogP contribution in [-0.4, -0.2) is 24.5 Å². The van der Waals surface area contributed by atoms with Crippen LogP contribution in [-0.2, 0) is 14.3 Å². The number of nitrogens with zero attached hydrogens (tertiary/aromatic N) is 1. The molecule has 2 aromatic carbocycles. The van der Waals surface area contributed by atoms with Gasteiger partial charge < -0.3 is 15.0 Å². The third-order valence-corrected chi connectivity index (χ3v) is 5.26. The lowest BCUT2D eigenvalue weighted by atomic mass is 9.89. The molecule has 2 aromatic rings. The molecule has 1 fully saturated rings. The van der Waals surface area contributed by atoms with E-state index in [0.717, 1.165) is 37.1 Å². The van der Waals surface area contributed by atoms with E-state index in [1.165, 1.54) is 6.42 Å². The van der Waals surface area contributed by atoms with Crippen molar-refractivity contribution < 1.29 is 14.3 Å². The fourth-order valence-corrected chi connectivity index (χ4v) is 3.83. The Morgan fingerprint density at radius 1 is 0.966 bits per heavy atom. The zero-order chi connectivity index (χ0) is 20.6. The van der Waals surface area contributed by atoms with Gasteiger partial charge in [-0.05, 0) is 63.1 Å². The molecule has 1 saturated carbocycles. The molecule has 5 nitrogen and oxygen atoms in total. The second-order valence-electron chi connectivity index (χ2n) is 7.84. The summed E-state index contributed by atoms with van der Waals surface area (Å²) in [5.41, 5.74) is 2.85. The molecule has 0 aliphatic heterocycles. The van der Waals surface area contributed by atoms with Crippen molar-refractivity contribution in [2.75, 3.05) is 16.8 Å². The number of carbonyl (C=O) groups is 2. The van der Waals surface area contributed by atoms with Crippen molar-refractivity contribution in [1.29, 1.82) is 0 Å². The van der Waals surface area contributed by atoms with E-state index in [1.807, 2.05) is 42.5 Å². The molecule has 1 N–H and O–H groups in total. The van der Waals surface area contributed by atoms with Crippen LogP contribution in [0.5, 0.6) is 0 Å². The van der Waals surface area contributed by atoms with Crippen LogP contribution < -0.4 is 10.2 Å². The van der Waals surface area contributed by atoms with Gasteiger partial charge in [-0.25, -0.2) is 0 Å². The van der Waals surface area contributed by atoms with Gasteiger partial charge in [0, 0.05) is 23.1 Å².